The number of carbonyl (C=O) groups is 2. The molecule has 1 aromatic rings. The number of carbonyl (C=O) groups excluding carboxylic acids is 2. The molecule has 4 aliphatic rings. The lowest BCUT2D eigenvalue weighted by molar-refractivity contribution is -0.125. The van der Waals surface area contributed by atoms with Crippen molar-refractivity contribution in [3.05, 3.63) is 29.8 Å². The van der Waals surface area contributed by atoms with Crippen molar-refractivity contribution in [1.82, 2.24) is 9.80 Å². The van der Waals surface area contributed by atoms with Crippen molar-refractivity contribution in [2.24, 2.45) is 5.73 Å². The zero-order valence-corrected chi connectivity index (χ0v) is 17.6. The Kier molecular flexibility index (Phi) is 4.98. The molecule has 162 valence electrons. The van der Waals surface area contributed by atoms with E-state index in [4.69, 9.17) is 10.5 Å². The summed E-state index contributed by atoms with van der Waals surface area (Å²) in [6.45, 7) is 5.84. The van der Waals surface area contributed by atoms with E-state index in [-0.39, 0.29) is 17.4 Å². The minimum Gasteiger partial charge on any atom is -0.379 e. The molecule has 1 saturated carbocycles. The van der Waals surface area contributed by atoms with E-state index in [2.05, 4.69) is 29.2 Å². The van der Waals surface area contributed by atoms with Gasteiger partial charge in [-0.1, -0.05) is 18.6 Å². The van der Waals surface area contributed by atoms with E-state index in [0.717, 1.165) is 45.0 Å². The number of hydrogen-bond acceptors (Lipinski definition) is 4. The smallest absolute Gasteiger partial charge is 0.325 e. The second-order valence-corrected chi connectivity index (χ2v) is 9.40. The summed E-state index contributed by atoms with van der Waals surface area (Å²) >= 11 is 0. The predicted molar refractivity (Wildman–Crippen MR) is 114 cm³/mol. The van der Waals surface area contributed by atoms with Crippen molar-refractivity contribution >= 4 is 17.6 Å². The Morgan fingerprint density at radius 1 is 1.03 bits per heavy atom. The molecule has 0 bridgehead atoms. The van der Waals surface area contributed by atoms with E-state index in [9.17, 15) is 9.59 Å². The molecule has 7 nitrogen and oxygen atoms in total. The van der Waals surface area contributed by atoms with Crippen molar-refractivity contribution in [3.8, 4) is 0 Å². The van der Waals surface area contributed by atoms with Crippen molar-refractivity contribution in [2.75, 3.05) is 50.8 Å². The second-order valence-electron chi connectivity index (χ2n) is 9.40. The lowest BCUT2D eigenvalue weighted by Crippen LogP contribution is -2.52. The van der Waals surface area contributed by atoms with Crippen molar-refractivity contribution in [3.63, 3.8) is 0 Å². The lowest BCUT2D eigenvalue weighted by Gasteiger charge is -2.44. The van der Waals surface area contributed by atoms with Gasteiger partial charge < -0.3 is 15.4 Å². The molecular weight excluding hydrogens is 380 g/mol. The topological polar surface area (TPSA) is 79.1 Å². The number of rotatable bonds is 6. The van der Waals surface area contributed by atoms with Crippen LogP contribution in [-0.4, -0.2) is 73.2 Å². The predicted octanol–water partition coefficient (Wildman–Crippen LogP) is 2.09. The molecule has 5 rings (SSSR count). The highest BCUT2D eigenvalue weighted by atomic mass is 16.5. The fraction of sp³-hybridized carbons (Fsp3) is 0.652. The molecule has 3 saturated heterocycles. The summed E-state index contributed by atoms with van der Waals surface area (Å²) in [5, 5.41) is 0. The Bertz CT molecular complexity index is 816. The summed E-state index contributed by atoms with van der Waals surface area (Å²) < 4.78 is 5.47. The van der Waals surface area contributed by atoms with Gasteiger partial charge in [-0.25, -0.2) is 4.79 Å². The quantitative estimate of drug-likeness (QED) is 0.776. The highest BCUT2D eigenvalue weighted by Gasteiger charge is 2.56. The van der Waals surface area contributed by atoms with Crippen LogP contribution in [0.1, 0.15) is 44.1 Å². The Labute approximate surface area is 178 Å². The number of benzene rings is 1. The average Bonchev–Trinajstić information content (AvgIpc) is 3.28. The van der Waals surface area contributed by atoms with Crippen LogP contribution in [0.15, 0.2) is 24.3 Å². The summed E-state index contributed by atoms with van der Waals surface area (Å²) in [6.07, 6.45) is 6.43. The summed E-state index contributed by atoms with van der Waals surface area (Å²) in [4.78, 5) is 31.0. The second kappa shape index (κ2) is 7.54. The van der Waals surface area contributed by atoms with Gasteiger partial charge in [-0.15, -0.1) is 0 Å². The van der Waals surface area contributed by atoms with Crippen LogP contribution in [0.4, 0.5) is 10.5 Å². The van der Waals surface area contributed by atoms with Crippen molar-refractivity contribution < 1.29 is 14.3 Å². The molecule has 1 atom stereocenters. The van der Waals surface area contributed by atoms with Crippen molar-refractivity contribution in [1.29, 1.82) is 0 Å². The molecule has 3 amide bonds. The molecule has 4 fully saturated rings. The van der Waals surface area contributed by atoms with Gasteiger partial charge in [0.2, 0.25) is 5.91 Å². The summed E-state index contributed by atoms with van der Waals surface area (Å²) in [5.41, 5.74) is 7.38. The minimum atomic E-state index is -0.830. The molecule has 3 aliphatic heterocycles. The van der Waals surface area contributed by atoms with Crippen LogP contribution in [0.2, 0.25) is 0 Å². The number of fused-ring (bicyclic) bond motifs is 1. The summed E-state index contributed by atoms with van der Waals surface area (Å²) in [6, 6.07) is 8.41. The molecule has 3 heterocycles. The maximum atomic E-state index is 13.0. The van der Waals surface area contributed by atoms with Crippen LogP contribution < -0.4 is 10.6 Å². The highest BCUT2D eigenvalue weighted by Crippen LogP contribution is 2.47. The molecule has 0 unspecified atom stereocenters. The summed E-state index contributed by atoms with van der Waals surface area (Å²) in [7, 11) is 0. The zero-order chi connectivity index (χ0) is 20.8. The first-order valence-electron chi connectivity index (χ1n) is 11.3. The number of primary amides is 1. The van der Waals surface area contributed by atoms with Crippen LogP contribution in [0.3, 0.4) is 0 Å². The number of amides is 3. The van der Waals surface area contributed by atoms with E-state index in [0.29, 0.717) is 19.5 Å². The first-order valence-corrected chi connectivity index (χ1v) is 11.3. The fourth-order valence-electron chi connectivity index (χ4n) is 5.81. The molecule has 2 N–H and O–H groups in total. The van der Waals surface area contributed by atoms with Crippen LogP contribution in [0.25, 0.3) is 0 Å². The third-order valence-electron chi connectivity index (χ3n) is 7.94. The third-order valence-corrected chi connectivity index (χ3v) is 7.94. The number of urea groups is 1. The maximum Gasteiger partial charge on any atom is 0.325 e. The van der Waals surface area contributed by atoms with Crippen LogP contribution >= 0.6 is 0 Å². The number of nitrogens with zero attached hydrogens (tertiary/aromatic N) is 3. The van der Waals surface area contributed by atoms with E-state index in [1.165, 1.54) is 31.2 Å². The van der Waals surface area contributed by atoms with E-state index in [1.54, 1.807) is 9.80 Å². The Morgan fingerprint density at radius 3 is 2.37 bits per heavy atom. The first kappa shape index (κ1) is 19.8. The van der Waals surface area contributed by atoms with Gasteiger partial charge in [0, 0.05) is 25.3 Å². The molecule has 0 spiro atoms. The van der Waals surface area contributed by atoms with Gasteiger partial charge in [0.1, 0.15) is 5.54 Å². The fourth-order valence-corrected chi connectivity index (χ4v) is 5.81. The van der Waals surface area contributed by atoms with Gasteiger partial charge in [0.25, 0.3) is 0 Å². The van der Waals surface area contributed by atoms with Gasteiger partial charge >= 0.3 is 6.03 Å². The normalized spacial score (nSPS) is 28.5. The lowest BCUT2D eigenvalue weighted by atomic mass is 9.62. The first-order chi connectivity index (χ1) is 14.5. The SMILES string of the molecule is NC(=O)[C@]12CCCN1C(=O)N(c1ccc(C3(CCN4CCOCC4)CCC3)cc1)C2. The van der Waals surface area contributed by atoms with Gasteiger partial charge in [0.05, 0.1) is 19.8 Å². The van der Waals surface area contributed by atoms with Crippen LogP contribution in [-0.2, 0) is 14.9 Å². The molecule has 0 aromatic heterocycles. The standard InChI is InChI=1S/C23H32N4O3/c24-20(28)23-9-2-11-27(23)21(29)26(17-23)19-5-3-18(4-6-19)22(7-1-8-22)10-12-25-13-15-30-16-14-25/h3-6H,1-2,7-17H2,(H2,24,28)/t23-/m1/s1. The largest absolute Gasteiger partial charge is 0.379 e. The van der Waals surface area contributed by atoms with E-state index in [1.807, 2.05) is 0 Å². The van der Waals surface area contributed by atoms with Crippen LogP contribution in [0.5, 0.6) is 0 Å². The highest BCUT2D eigenvalue weighted by molar-refractivity contribution is 6.02. The third kappa shape index (κ3) is 3.10. The van der Waals surface area contributed by atoms with Gasteiger partial charge in [-0.05, 0) is 61.8 Å². The van der Waals surface area contributed by atoms with Gasteiger partial charge in [-0.3, -0.25) is 14.6 Å². The number of nitrogens with two attached hydrogens (primary N) is 1. The number of anilines is 1. The minimum absolute atomic E-state index is 0.0928. The Balaban J connectivity index is 1.30. The maximum absolute atomic E-state index is 13.0. The molecule has 1 aliphatic carbocycles. The average molecular weight is 413 g/mol. The number of morpholine rings is 1. The monoisotopic (exact) mass is 412 g/mol. The molecule has 1 aromatic carbocycles. The van der Waals surface area contributed by atoms with Gasteiger partial charge in [0.15, 0.2) is 0 Å². The zero-order valence-electron chi connectivity index (χ0n) is 17.6. The number of ether oxygens (including phenoxy) is 1. The van der Waals surface area contributed by atoms with E-state index >= 15 is 0 Å². The Hall–Kier alpha value is -2.12. The molecule has 7 heteroatoms. The molecule has 30 heavy (non-hydrogen) atoms. The number of hydrogen-bond donors (Lipinski definition) is 1. The molecule has 0 radical (unpaired) electrons. The van der Waals surface area contributed by atoms with Gasteiger partial charge in [-0.2, -0.15) is 0 Å². The summed E-state index contributed by atoms with van der Waals surface area (Å²) in [5.74, 6) is -0.385. The Morgan fingerprint density at radius 2 is 1.77 bits per heavy atom. The van der Waals surface area contributed by atoms with Crippen molar-refractivity contribution in [2.45, 2.75) is 49.5 Å². The molecular formula is C23H32N4O3. The van der Waals surface area contributed by atoms with E-state index < -0.39 is 5.54 Å². The van der Waals surface area contributed by atoms with Crippen LogP contribution in [0, 0.1) is 0 Å².